The van der Waals surface area contributed by atoms with Gasteiger partial charge in [-0.3, -0.25) is 9.10 Å². The number of nitrogens with zero attached hydrogens (tertiary/aromatic N) is 1. The molecule has 0 rings (SSSR count). The molecule has 1 unspecified atom stereocenters. The van der Waals surface area contributed by atoms with Crippen LogP contribution in [0, 0.1) is 0 Å². The van der Waals surface area contributed by atoms with Gasteiger partial charge in [-0.15, -0.1) is 11.8 Å². The van der Waals surface area contributed by atoms with Gasteiger partial charge in [-0.05, 0) is 59.4 Å². The van der Waals surface area contributed by atoms with Crippen LogP contribution >= 0.6 is 48.1 Å². The van der Waals surface area contributed by atoms with Crippen LogP contribution in [0.1, 0.15) is 115 Å². The van der Waals surface area contributed by atoms with E-state index >= 15 is 0 Å². The molecule has 1 amide bonds. The van der Waals surface area contributed by atoms with E-state index in [9.17, 15) is 4.79 Å². The molecular weight excluding hydrogens is 423 g/mol. The zero-order valence-electron chi connectivity index (χ0n) is 20.2. The van der Waals surface area contributed by atoms with Crippen molar-refractivity contribution in [3.8, 4) is 0 Å². The Bertz CT molecular complexity index is 444. The number of unbranched alkanes of at least 4 members (excludes halogenated alkanes) is 2. The average molecular weight is 468 g/mol. The lowest BCUT2D eigenvalue weighted by Gasteiger charge is -2.32. The van der Waals surface area contributed by atoms with Gasteiger partial charge >= 0.3 is 0 Å². The summed E-state index contributed by atoms with van der Waals surface area (Å²) in [7, 11) is 0. The largest absolute Gasteiger partial charge is 0.277 e. The Morgan fingerprint density at radius 1 is 0.857 bits per heavy atom. The first-order valence-electron chi connectivity index (χ1n) is 10.4. The van der Waals surface area contributed by atoms with Crippen LogP contribution in [-0.4, -0.2) is 28.9 Å². The highest BCUT2D eigenvalue weighted by Gasteiger charge is 2.25. The van der Waals surface area contributed by atoms with Gasteiger partial charge in [0, 0.05) is 21.4 Å². The van der Waals surface area contributed by atoms with E-state index in [0.29, 0.717) is 4.75 Å². The predicted octanol–water partition coefficient (Wildman–Crippen LogP) is 8.86. The Balaban J connectivity index is -0.000000375. The van der Waals surface area contributed by atoms with Crippen LogP contribution in [0.25, 0.3) is 0 Å². The molecule has 2 nitrogen and oxygen atoms in total. The summed E-state index contributed by atoms with van der Waals surface area (Å²) in [6, 6.07) is 0. The van der Waals surface area contributed by atoms with Crippen LogP contribution in [0.4, 0.5) is 0 Å². The molecule has 0 bridgehead atoms. The predicted molar refractivity (Wildman–Crippen MR) is 143 cm³/mol. The summed E-state index contributed by atoms with van der Waals surface area (Å²) in [6.45, 7) is 22.5. The minimum atomic E-state index is -0.170. The molecular formula is C22H45NOS4. The molecule has 0 aliphatic carbocycles. The Morgan fingerprint density at radius 3 is 1.50 bits per heavy atom. The highest BCUT2D eigenvalue weighted by Crippen LogP contribution is 2.34. The highest BCUT2D eigenvalue weighted by molar-refractivity contribution is 8.23. The monoisotopic (exact) mass is 467 g/mol. The second-order valence-corrected chi connectivity index (χ2v) is 12.8. The first-order chi connectivity index (χ1) is 12.7. The lowest BCUT2D eigenvalue weighted by Crippen LogP contribution is -2.39. The van der Waals surface area contributed by atoms with E-state index in [2.05, 4.69) is 34.6 Å². The lowest BCUT2D eigenvalue weighted by molar-refractivity contribution is -0.126. The van der Waals surface area contributed by atoms with E-state index in [1.807, 2.05) is 46.4 Å². The summed E-state index contributed by atoms with van der Waals surface area (Å²) in [5, 5.41) is 0. The zero-order chi connectivity index (χ0) is 23.0. The molecule has 168 valence electrons. The number of hydrogen-bond donors (Lipinski definition) is 0. The van der Waals surface area contributed by atoms with Crippen molar-refractivity contribution in [2.24, 2.45) is 0 Å². The number of amides is 1. The van der Waals surface area contributed by atoms with Crippen molar-refractivity contribution in [3.05, 3.63) is 0 Å². The maximum Gasteiger partial charge on any atom is 0.230 e. The van der Waals surface area contributed by atoms with Crippen LogP contribution in [0.3, 0.4) is 0 Å². The fourth-order valence-corrected chi connectivity index (χ4v) is 4.57. The summed E-state index contributed by atoms with van der Waals surface area (Å²) >= 11 is 13.3. The highest BCUT2D eigenvalue weighted by atomic mass is 32.2. The minimum Gasteiger partial charge on any atom is -0.277 e. The van der Waals surface area contributed by atoms with Gasteiger partial charge in [0.15, 0.2) is 0 Å². The third-order valence-electron chi connectivity index (χ3n) is 3.81. The first-order valence-corrected chi connectivity index (χ1v) is 12.8. The topological polar surface area (TPSA) is 20.3 Å². The van der Waals surface area contributed by atoms with Crippen LogP contribution in [0.2, 0.25) is 0 Å². The smallest absolute Gasteiger partial charge is 0.230 e. The Labute approximate surface area is 195 Å². The lowest BCUT2D eigenvalue weighted by atomic mass is 10.0. The zero-order valence-corrected chi connectivity index (χ0v) is 23.5. The van der Waals surface area contributed by atoms with Gasteiger partial charge in [-0.2, -0.15) is 0 Å². The number of thioether (sulfide) groups is 1. The number of carbonyl (C=O) groups excluding carboxylic acids is 1. The number of carbonyl (C=O) groups is 1. The number of hydrogen-bond acceptors (Lipinski definition) is 5. The minimum absolute atomic E-state index is 0.0386. The molecule has 0 aromatic heterocycles. The second-order valence-electron chi connectivity index (χ2n) is 8.07. The summed E-state index contributed by atoms with van der Waals surface area (Å²) in [5.74, 6) is 0.0386. The molecule has 0 aliphatic rings. The third-order valence-corrected chi connectivity index (χ3v) is 6.80. The van der Waals surface area contributed by atoms with E-state index in [1.54, 1.807) is 11.2 Å². The molecule has 0 aromatic rings. The molecule has 0 aromatic carbocycles. The van der Waals surface area contributed by atoms with Gasteiger partial charge in [0.25, 0.3) is 0 Å². The molecule has 0 N–H and O–H groups in total. The summed E-state index contributed by atoms with van der Waals surface area (Å²) in [5.41, 5.74) is -0.170. The van der Waals surface area contributed by atoms with Crippen LogP contribution in [-0.2, 0) is 4.79 Å². The second kappa shape index (κ2) is 18.1. The molecule has 28 heavy (non-hydrogen) atoms. The van der Waals surface area contributed by atoms with Gasteiger partial charge in [-0.1, -0.05) is 84.7 Å². The van der Waals surface area contributed by atoms with E-state index in [-0.39, 0.29) is 11.4 Å². The quantitative estimate of drug-likeness (QED) is 0.286. The average Bonchev–Trinajstić information content (AvgIpc) is 2.56. The number of rotatable bonds is 6. The van der Waals surface area contributed by atoms with E-state index in [1.165, 1.54) is 50.5 Å². The van der Waals surface area contributed by atoms with Gasteiger partial charge in [0.1, 0.15) is 0 Å². The molecule has 0 radical (unpaired) electrons. The molecule has 0 heterocycles. The van der Waals surface area contributed by atoms with Crippen LogP contribution in [0.5, 0.6) is 0 Å². The number of thiocarbonyl (C=S) groups is 2. The van der Waals surface area contributed by atoms with E-state index in [4.69, 9.17) is 24.4 Å². The standard InChI is InChI=1S/C10H20S2.C8H15NOS2.C4H10/c1-5-7-8-10(4,6-2)12-9(3)11;1-6(10)9(8(3,4)5)12-7(2)11;1-3-4-2/h5-8H2,1-4H3;1-5H3;3-4H2,1-2H3. The molecule has 0 fully saturated rings. The SMILES string of the molecule is CC(=O)N(SC(C)=S)C(C)(C)C.CCCC.CCCCC(C)(CC)SC(C)=S. The Morgan fingerprint density at radius 2 is 1.32 bits per heavy atom. The fourth-order valence-electron chi connectivity index (χ4n) is 2.00. The molecule has 6 heteroatoms. The van der Waals surface area contributed by atoms with Crippen molar-refractivity contribution < 1.29 is 4.79 Å². The van der Waals surface area contributed by atoms with Crippen molar-refractivity contribution >= 4 is 62.4 Å². The molecule has 0 saturated heterocycles. The van der Waals surface area contributed by atoms with Crippen molar-refractivity contribution in [2.75, 3.05) is 0 Å². The molecule has 0 aliphatic heterocycles. The Kier molecular flexibility index (Phi) is 21.4. The van der Waals surface area contributed by atoms with E-state index < -0.39 is 0 Å². The maximum atomic E-state index is 11.2. The summed E-state index contributed by atoms with van der Waals surface area (Å²) < 4.78 is 3.92. The Hall–Kier alpha value is 0.350. The maximum absolute atomic E-state index is 11.2. The summed E-state index contributed by atoms with van der Waals surface area (Å²) in [4.78, 5) is 11.2. The van der Waals surface area contributed by atoms with Gasteiger partial charge in [0.2, 0.25) is 5.91 Å². The van der Waals surface area contributed by atoms with Gasteiger partial charge in [-0.25, -0.2) is 0 Å². The van der Waals surface area contributed by atoms with Crippen molar-refractivity contribution in [1.29, 1.82) is 0 Å². The van der Waals surface area contributed by atoms with Crippen LogP contribution in [0.15, 0.2) is 0 Å². The van der Waals surface area contributed by atoms with Gasteiger partial charge in [0.05, 0.1) is 4.20 Å². The molecule has 0 spiro atoms. The fraction of sp³-hybridized carbons (Fsp3) is 0.864. The first kappa shape index (κ1) is 33.0. The normalized spacial score (nSPS) is 12.5. The third kappa shape index (κ3) is 21.1. The summed E-state index contributed by atoms with van der Waals surface area (Å²) in [6.07, 6.45) is 7.75. The molecule has 0 saturated carbocycles. The van der Waals surface area contributed by atoms with Crippen molar-refractivity contribution in [2.45, 2.75) is 125 Å². The van der Waals surface area contributed by atoms with Crippen molar-refractivity contribution in [3.63, 3.8) is 0 Å². The molecule has 1 atom stereocenters. The van der Waals surface area contributed by atoms with E-state index in [0.717, 1.165) is 8.39 Å². The van der Waals surface area contributed by atoms with Crippen molar-refractivity contribution in [1.82, 2.24) is 4.31 Å². The van der Waals surface area contributed by atoms with Gasteiger partial charge < -0.3 is 0 Å². The van der Waals surface area contributed by atoms with Crippen LogP contribution < -0.4 is 0 Å².